The van der Waals surface area contributed by atoms with Crippen molar-refractivity contribution in [2.24, 2.45) is 0 Å². The van der Waals surface area contributed by atoms with E-state index in [1.165, 1.54) is 0 Å². The van der Waals surface area contributed by atoms with Crippen molar-refractivity contribution in [1.82, 2.24) is 4.72 Å². The summed E-state index contributed by atoms with van der Waals surface area (Å²) in [5.74, 6) is 0. The fraction of sp³-hybridized carbons (Fsp3) is 1.00. The summed E-state index contributed by atoms with van der Waals surface area (Å²) >= 11 is 0. The predicted octanol–water partition coefficient (Wildman–Crippen LogP) is -0.551. The average Bonchev–Trinajstić information content (AvgIpc) is 2.64. The van der Waals surface area contributed by atoms with Crippen LogP contribution in [0.2, 0.25) is 0 Å². The molecule has 1 atom stereocenters. The summed E-state index contributed by atoms with van der Waals surface area (Å²) in [4.78, 5) is 0. The van der Waals surface area contributed by atoms with Crippen LogP contribution in [0.1, 0.15) is 19.8 Å². The van der Waals surface area contributed by atoms with Gasteiger partial charge in [0.15, 0.2) is 0 Å². The highest BCUT2D eigenvalue weighted by Gasteiger charge is 2.35. The Labute approximate surface area is 66.7 Å². The van der Waals surface area contributed by atoms with Gasteiger partial charge in [-0.15, -0.1) is 0 Å². The molecule has 0 aromatic carbocycles. The van der Waals surface area contributed by atoms with E-state index in [0.717, 1.165) is 12.8 Å². The van der Waals surface area contributed by atoms with E-state index in [4.69, 9.17) is 5.11 Å². The molecule has 1 rings (SSSR count). The molecule has 0 bridgehead atoms. The minimum absolute atomic E-state index is 0.124. The molecule has 2 N–H and O–H groups in total. The normalized spacial score (nSPS) is 21.6. The Balaban J connectivity index is 2.35. The second kappa shape index (κ2) is 3.08. The molecule has 11 heavy (non-hydrogen) atoms. The number of sulfonamides is 1. The van der Waals surface area contributed by atoms with Gasteiger partial charge in [0.1, 0.15) is 0 Å². The second-order valence-electron chi connectivity index (χ2n) is 2.94. The Morgan fingerprint density at radius 2 is 2.18 bits per heavy atom. The fourth-order valence-electron chi connectivity index (χ4n) is 0.733. The van der Waals surface area contributed by atoms with Crippen LogP contribution in [0, 0.1) is 0 Å². The molecule has 1 aliphatic rings. The van der Waals surface area contributed by atoms with Crippen molar-refractivity contribution in [3.8, 4) is 0 Å². The van der Waals surface area contributed by atoms with E-state index in [1.807, 2.05) is 0 Å². The van der Waals surface area contributed by atoms with Crippen molar-refractivity contribution in [3.05, 3.63) is 0 Å². The van der Waals surface area contributed by atoms with Crippen LogP contribution in [0.3, 0.4) is 0 Å². The highest BCUT2D eigenvalue weighted by atomic mass is 32.2. The maximum atomic E-state index is 11.1. The van der Waals surface area contributed by atoms with Gasteiger partial charge >= 0.3 is 0 Å². The van der Waals surface area contributed by atoms with Gasteiger partial charge in [-0.2, -0.15) is 0 Å². The molecule has 66 valence electrons. The molecule has 0 saturated heterocycles. The van der Waals surface area contributed by atoms with E-state index in [1.54, 1.807) is 6.92 Å². The third-order valence-electron chi connectivity index (χ3n) is 1.54. The molecule has 0 heterocycles. The van der Waals surface area contributed by atoms with Gasteiger partial charge in [-0.05, 0) is 19.8 Å². The molecule has 1 fully saturated rings. The fourth-order valence-corrected chi connectivity index (χ4v) is 2.20. The third-order valence-corrected chi connectivity index (χ3v) is 3.46. The second-order valence-corrected chi connectivity index (χ2v) is 4.99. The van der Waals surface area contributed by atoms with Crippen LogP contribution < -0.4 is 4.72 Å². The molecule has 0 aromatic heterocycles. The standard InChI is InChI=1S/C6H13NO3S/c1-5(8)4-7-11(9,10)6-2-3-6/h5-8H,2-4H2,1H3. The maximum Gasteiger partial charge on any atom is 0.214 e. The van der Waals surface area contributed by atoms with E-state index in [-0.39, 0.29) is 11.8 Å². The quantitative estimate of drug-likeness (QED) is 0.608. The van der Waals surface area contributed by atoms with Crippen molar-refractivity contribution in [2.75, 3.05) is 6.54 Å². The Hall–Kier alpha value is -0.130. The van der Waals surface area contributed by atoms with Crippen LogP contribution >= 0.6 is 0 Å². The van der Waals surface area contributed by atoms with Gasteiger partial charge in [0.25, 0.3) is 0 Å². The topological polar surface area (TPSA) is 66.4 Å². The molecular weight excluding hydrogens is 166 g/mol. The van der Waals surface area contributed by atoms with Crippen molar-refractivity contribution < 1.29 is 13.5 Å². The molecule has 4 nitrogen and oxygen atoms in total. The summed E-state index contributed by atoms with van der Waals surface area (Å²) in [5, 5.41) is 8.60. The van der Waals surface area contributed by atoms with Crippen LogP contribution in [0.15, 0.2) is 0 Å². The summed E-state index contributed by atoms with van der Waals surface area (Å²) in [7, 11) is -3.09. The average molecular weight is 179 g/mol. The lowest BCUT2D eigenvalue weighted by Crippen LogP contribution is -2.33. The maximum absolute atomic E-state index is 11.1. The lowest BCUT2D eigenvalue weighted by Gasteiger charge is -2.06. The molecule has 0 aromatic rings. The van der Waals surface area contributed by atoms with Crippen LogP contribution in [-0.2, 0) is 10.0 Å². The van der Waals surface area contributed by atoms with Crippen LogP contribution in [-0.4, -0.2) is 31.4 Å². The van der Waals surface area contributed by atoms with Gasteiger partial charge in [0.05, 0.1) is 11.4 Å². The van der Waals surface area contributed by atoms with Crippen LogP contribution in [0.4, 0.5) is 0 Å². The molecule has 0 aliphatic heterocycles. The molecule has 1 saturated carbocycles. The lowest BCUT2D eigenvalue weighted by atomic mass is 10.4. The summed E-state index contributed by atoms with van der Waals surface area (Å²) < 4.78 is 24.5. The van der Waals surface area contributed by atoms with Gasteiger partial charge in [-0.25, -0.2) is 13.1 Å². The van der Waals surface area contributed by atoms with E-state index < -0.39 is 16.1 Å². The monoisotopic (exact) mass is 179 g/mol. The van der Waals surface area contributed by atoms with E-state index in [2.05, 4.69) is 4.72 Å². The van der Waals surface area contributed by atoms with Gasteiger partial charge < -0.3 is 5.11 Å². The van der Waals surface area contributed by atoms with Gasteiger partial charge in [0.2, 0.25) is 10.0 Å². The number of nitrogens with one attached hydrogen (secondary N) is 1. The zero-order valence-corrected chi connectivity index (χ0v) is 7.26. The molecule has 0 spiro atoms. The van der Waals surface area contributed by atoms with Crippen molar-refractivity contribution in [3.63, 3.8) is 0 Å². The first kappa shape index (κ1) is 8.96. The first-order valence-corrected chi connectivity index (χ1v) is 5.23. The zero-order chi connectivity index (χ0) is 8.48. The first-order chi connectivity index (χ1) is 5.02. The Morgan fingerprint density at radius 3 is 2.55 bits per heavy atom. The zero-order valence-electron chi connectivity index (χ0n) is 6.45. The first-order valence-electron chi connectivity index (χ1n) is 3.69. The summed E-state index contributed by atoms with van der Waals surface area (Å²) in [6, 6.07) is 0. The largest absolute Gasteiger partial charge is 0.392 e. The van der Waals surface area contributed by atoms with Gasteiger partial charge in [-0.1, -0.05) is 0 Å². The SMILES string of the molecule is CC(O)CNS(=O)(=O)C1CC1. The van der Waals surface area contributed by atoms with Crippen LogP contribution in [0.25, 0.3) is 0 Å². The van der Waals surface area contributed by atoms with Crippen LogP contribution in [0.5, 0.6) is 0 Å². The minimum atomic E-state index is -3.09. The molecular formula is C6H13NO3S. The number of aliphatic hydroxyl groups is 1. The Bertz CT molecular complexity index is 218. The molecule has 0 amide bonds. The molecule has 1 unspecified atom stereocenters. The smallest absolute Gasteiger partial charge is 0.214 e. The van der Waals surface area contributed by atoms with Gasteiger partial charge in [0, 0.05) is 6.54 Å². The molecule has 5 heteroatoms. The summed E-state index contributed by atoms with van der Waals surface area (Å²) in [5.41, 5.74) is 0. The van der Waals surface area contributed by atoms with Crippen molar-refractivity contribution in [2.45, 2.75) is 31.1 Å². The van der Waals surface area contributed by atoms with E-state index in [0.29, 0.717) is 0 Å². The summed E-state index contributed by atoms with van der Waals surface area (Å²) in [6.45, 7) is 1.67. The molecule has 1 aliphatic carbocycles. The Kier molecular flexibility index (Phi) is 2.51. The lowest BCUT2D eigenvalue weighted by molar-refractivity contribution is 0.198. The number of hydrogen-bond donors (Lipinski definition) is 2. The van der Waals surface area contributed by atoms with Crippen molar-refractivity contribution >= 4 is 10.0 Å². The number of rotatable bonds is 4. The molecule has 0 radical (unpaired) electrons. The van der Waals surface area contributed by atoms with E-state index >= 15 is 0 Å². The summed E-state index contributed by atoms with van der Waals surface area (Å²) in [6.07, 6.45) is 0.910. The Morgan fingerprint density at radius 1 is 1.64 bits per heavy atom. The highest BCUT2D eigenvalue weighted by Crippen LogP contribution is 2.27. The van der Waals surface area contributed by atoms with Crippen molar-refractivity contribution in [1.29, 1.82) is 0 Å². The third kappa shape index (κ3) is 2.76. The number of hydrogen-bond acceptors (Lipinski definition) is 3. The number of aliphatic hydroxyl groups excluding tert-OH is 1. The predicted molar refractivity (Wildman–Crippen MR) is 41.6 cm³/mol. The minimum Gasteiger partial charge on any atom is -0.392 e. The highest BCUT2D eigenvalue weighted by molar-refractivity contribution is 7.90. The van der Waals surface area contributed by atoms with E-state index in [9.17, 15) is 8.42 Å². The van der Waals surface area contributed by atoms with Gasteiger partial charge in [-0.3, -0.25) is 0 Å².